The molecule has 0 unspecified atom stereocenters. The second-order valence-corrected chi connectivity index (χ2v) is 6.58. The molecule has 0 saturated carbocycles. The van der Waals surface area contributed by atoms with Gasteiger partial charge in [0.15, 0.2) is 5.82 Å². The first-order chi connectivity index (χ1) is 11.9. The van der Waals surface area contributed by atoms with Crippen molar-refractivity contribution < 1.29 is 0 Å². The van der Waals surface area contributed by atoms with Crippen LogP contribution in [-0.4, -0.2) is 39.1 Å². The fourth-order valence-corrected chi connectivity index (χ4v) is 3.81. The lowest BCUT2D eigenvalue weighted by Gasteiger charge is -2.33. The van der Waals surface area contributed by atoms with E-state index in [1.54, 1.807) is 0 Å². The Hall–Kier alpha value is -2.20. The van der Waals surface area contributed by atoms with Gasteiger partial charge in [0.05, 0.1) is 11.0 Å². The summed E-state index contributed by atoms with van der Waals surface area (Å²) in [6.45, 7) is 5.82. The Morgan fingerprint density at radius 1 is 1.04 bits per heavy atom. The molecule has 2 aromatic heterocycles. The number of benzene rings is 1. The Morgan fingerprint density at radius 2 is 1.83 bits per heavy atom. The number of piperidine rings is 1. The molecule has 0 N–H and O–H groups in total. The van der Waals surface area contributed by atoms with Gasteiger partial charge in [-0.3, -0.25) is 4.98 Å². The van der Waals surface area contributed by atoms with Crippen LogP contribution in [0.1, 0.15) is 32.2 Å². The molecule has 0 bridgehead atoms. The molecule has 1 fully saturated rings. The highest BCUT2D eigenvalue weighted by atomic mass is 15.2. The lowest BCUT2D eigenvalue weighted by atomic mass is 10.0. The lowest BCUT2D eigenvalue weighted by Crippen LogP contribution is -2.35. The number of hydrogen-bond acceptors (Lipinski definition) is 3. The molecule has 0 amide bonds. The summed E-state index contributed by atoms with van der Waals surface area (Å²) in [5, 5.41) is 0. The number of hydrogen-bond donors (Lipinski definition) is 0. The molecule has 0 spiro atoms. The first-order valence-corrected chi connectivity index (χ1v) is 8.97. The van der Waals surface area contributed by atoms with E-state index in [1.165, 1.54) is 44.4 Å². The highest BCUT2D eigenvalue weighted by molar-refractivity contribution is 5.80. The predicted molar refractivity (Wildman–Crippen MR) is 98.0 cm³/mol. The van der Waals surface area contributed by atoms with Gasteiger partial charge in [0.2, 0.25) is 0 Å². The minimum Gasteiger partial charge on any atom is -0.319 e. The van der Waals surface area contributed by atoms with Crippen LogP contribution in [0.4, 0.5) is 0 Å². The van der Waals surface area contributed by atoms with E-state index in [0.717, 1.165) is 17.0 Å². The van der Waals surface area contributed by atoms with Gasteiger partial charge in [0, 0.05) is 25.3 Å². The van der Waals surface area contributed by atoms with Gasteiger partial charge in [0.25, 0.3) is 0 Å². The molecule has 1 saturated heterocycles. The van der Waals surface area contributed by atoms with Crippen LogP contribution < -0.4 is 0 Å². The summed E-state index contributed by atoms with van der Waals surface area (Å²) in [6.07, 6.45) is 5.45. The third-order valence-electron chi connectivity index (χ3n) is 4.95. The van der Waals surface area contributed by atoms with Crippen LogP contribution in [0.3, 0.4) is 0 Å². The number of aromatic nitrogens is 3. The van der Waals surface area contributed by atoms with E-state index in [2.05, 4.69) is 51.7 Å². The standard InChI is InChI=1S/C20H24N4/c1-2-13-23-14-10-16(11-15-23)24-19-9-4-3-7-17(19)22-20(24)18-8-5-6-12-21-18/h3-9,12,16H,2,10-11,13-15H2,1H3. The van der Waals surface area contributed by atoms with E-state index in [4.69, 9.17) is 4.98 Å². The minimum atomic E-state index is 0.502. The molecule has 4 nitrogen and oxygen atoms in total. The highest BCUT2D eigenvalue weighted by Crippen LogP contribution is 2.32. The van der Waals surface area contributed by atoms with Crippen LogP contribution in [0.15, 0.2) is 48.7 Å². The van der Waals surface area contributed by atoms with Crippen LogP contribution in [-0.2, 0) is 0 Å². The Bertz CT molecular complexity index is 801. The van der Waals surface area contributed by atoms with Crippen molar-refractivity contribution in [1.29, 1.82) is 0 Å². The van der Waals surface area contributed by atoms with Crippen LogP contribution >= 0.6 is 0 Å². The molecule has 1 aliphatic rings. The maximum atomic E-state index is 4.90. The molecule has 24 heavy (non-hydrogen) atoms. The maximum Gasteiger partial charge on any atom is 0.160 e. The fraction of sp³-hybridized carbons (Fsp3) is 0.400. The van der Waals surface area contributed by atoms with Crippen molar-refractivity contribution in [3.63, 3.8) is 0 Å². The average molecular weight is 320 g/mol. The normalized spacial score (nSPS) is 16.7. The van der Waals surface area contributed by atoms with Crippen LogP contribution in [0.5, 0.6) is 0 Å². The molecule has 0 aliphatic carbocycles. The first-order valence-electron chi connectivity index (χ1n) is 8.97. The number of pyridine rings is 1. The van der Waals surface area contributed by atoms with Crippen LogP contribution in [0.2, 0.25) is 0 Å². The van der Waals surface area contributed by atoms with Gasteiger partial charge in [-0.05, 0) is 50.1 Å². The van der Waals surface area contributed by atoms with Crippen LogP contribution in [0, 0.1) is 0 Å². The van der Waals surface area contributed by atoms with Gasteiger partial charge in [-0.1, -0.05) is 25.1 Å². The van der Waals surface area contributed by atoms with E-state index >= 15 is 0 Å². The zero-order valence-electron chi connectivity index (χ0n) is 14.2. The fourth-order valence-electron chi connectivity index (χ4n) is 3.81. The molecular formula is C20H24N4. The summed E-state index contributed by atoms with van der Waals surface area (Å²) in [7, 11) is 0. The van der Waals surface area contributed by atoms with Crippen molar-refractivity contribution in [2.45, 2.75) is 32.2 Å². The third kappa shape index (κ3) is 2.82. The Balaban J connectivity index is 1.74. The largest absolute Gasteiger partial charge is 0.319 e. The van der Waals surface area contributed by atoms with Crippen LogP contribution in [0.25, 0.3) is 22.6 Å². The van der Waals surface area contributed by atoms with Crippen molar-refractivity contribution in [3.05, 3.63) is 48.7 Å². The summed E-state index contributed by atoms with van der Waals surface area (Å²) in [5.41, 5.74) is 3.26. The number of likely N-dealkylation sites (tertiary alicyclic amines) is 1. The number of imidazole rings is 1. The van der Waals surface area contributed by atoms with Crippen molar-refractivity contribution in [1.82, 2.24) is 19.4 Å². The molecule has 3 heterocycles. The Morgan fingerprint density at radius 3 is 2.58 bits per heavy atom. The monoisotopic (exact) mass is 320 g/mol. The van der Waals surface area contributed by atoms with Gasteiger partial charge in [-0.2, -0.15) is 0 Å². The molecule has 1 aromatic carbocycles. The van der Waals surface area contributed by atoms with Crippen molar-refractivity contribution in [2.75, 3.05) is 19.6 Å². The average Bonchev–Trinajstić information content (AvgIpc) is 3.03. The quantitative estimate of drug-likeness (QED) is 0.724. The van der Waals surface area contributed by atoms with E-state index in [-0.39, 0.29) is 0 Å². The molecular weight excluding hydrogens is 296 g/mol. The Labute approximate surface area is 143 Å². The SMILES string of the molecule is CCCN1CCC(n2c(-c3ccccn3)nc3ccccc32)CC1. The molecule has 4 rings (SSSR count). The van der Waals surface area contributed by atoms with Crippen molar-refractivity contribution >= 4 is 11.0 Å². The highest BCUT2D eigenvalue weighted by Gasteiger charge is 2.25. The third-order valence-corrected chi connectivity index (χ3v) is 4.95. The lowest BCUT2D eigenvalue weighted by molar-refractivity contribution is 0.189. The summed E-state index contributed by atoms with van der Waals surface area (Å²) >= 11 is 0. The van der Waals surface area contributed by atoms with E-state index in [0.29, 0.717) is 6.04 Å². The van der Waals surface area contributed by atoms with Gasteiger partial charge in [-0.25, -0.2) is 4.98 Å². The zero-order valence-corrected chi connectivity index (χ0v) is 14.2. The zero-order chi connectivity index (χ0) is 16.4. The molecule has 1 aliphatic heterocycles. The van der Waals surface area contributed by atoms with E-state index in [9.17, 15) is 0 Å². The number of fused-ring (bicyclic) bond motifs is 1. The van der Waals surface area contributed by atoms with Gasteiger partial charge in [0.1, 0.15) is 5.69 Å². The number of para-hydroxylation sites is 2. The Kier molecular flexibility index (Phi) is 4.30. The van der Waals surface area contributed by atoms with Gasteiger partial charge in [-0.15, -0.1) is 0 Å². The van der Waals surface area contributed by atoms with Gasteiger partial charge < -0.3 is 9.47 Å². The summed E-state index contributed by atoms with van der Waals surface area (Å²) in [5.74, 6) is 1.01. The number of rotatable bonds is 4. The summed E-state index contributed by atoms with van der Waals surface area (Å²) in [4.78, 5) is 12.0. The molecule has 3 aromatic rings. The predicted octanol–water partition coefficient (Wildman–Crippen LogP) is 4.15. The smallest absolute Gasteiger partial charge is 0.160 e. The first kappa shape index (κ1) is 15.3. The van der Waals surface area contributed by atoms with E-state index < -0.39 is 0 Å². The molecule has 0 atom stereocenters. The topological polar surface area (TPSA) is 34.0 Å². The molecule has 124 valence electrons. The number of nitrogens with zero attached hydrogens (tertiary/aromatic N) is 4. The summed E-state index contributed by atoms with van der Waals surface area (Å²) in [6, 6.07) is 15.0. The minimum absolute atomic E-state index is 0.502. The maximum absolute atomic E-state index is 4.90. The summed E-state index contributed by atoms with van der Waals surface area (Å²) < 4.78 is 2.43. The van der Waals surface area contributed by atoms with Gasteiger partial charge >= 0.3 is 0 Å². The van der Waals surface area contributed by atoms with Crippen molar-refractivity contribution in [2.24, 2.45) is 0 Å². The second kappa shape index (κ2) is 6.73. The molecule has 0 radical (unpaired) electrons. The van der Waals surface area contributed by atoms with E-state index in [1.807, 2.05) is 18.3 Å². The second-order valence-electron chi connectivity index (χ2n) is 6.58. The molecule has 4 heteroatoms. The van der Waals surface area contributed by atoms with Crippen molar-refractivity contribution in [3.8, 4) is 11.5 Å².